The zero-order valence-corrected chi connectivity index (χ0v) is 25.1. The molecule has 1 heterocycles. The van der Waals surface area contributed by atoms with Gasteiger partial charge >= 0.3 is 34.2 Å². The van der Waals surface area contributed by atoms with Gasteiger partial charge in [-0.25, -0.2) is 0 Å². The summed E-state index contributed by atoms with van der Waals surface area (Å²) in [7, 11) is -11.5. The Hall–Kier alpha value is 1.10. The van der Waals surface area contributed by atoms with Crippen molar-refractivity contribution in [3.8, 4) is 0 Å². The van der Waals surface area contributed by atoms with Crippen LogP contribution < -0.4 is 0 Å². The zero-order chi connectivity index (χ0) is 20.4. The average Bonchev–Trinajstić information content (AvgIpc) is 2.39. The topological polar surface area (TPSA) is 46.2 Å². The number of hydrogen-bond acceptors (Lipinski definition) is 5. The van der Waals surface area contributed by atoms with Crippen LogP contribution in [-0.2, 0) is 20.9 Å². The summed E-state index contributed by atoms with van der Waals surface area (Å²) in [4.78, 5) is 0. The van der Waals surface area contributed by atoms with Gasteiger partial charge in [-0.1, -0.05) is 20.0 Å². The van der Waals surface area contributed by atoms with Crippen molar-refractivity contribution in [2.24, 2.45) is 0 Å². The van der Waals surface area contributed by atoms with Crippen LogP contribution >= 0.6 is 0 Å². The summed E-state index contributed by atoms with van der Waals surface area (Å²) < 4.78 is 32.9. The van der Waals surface area contributed by atoms with Gasteiger partial charge in [0, 0.05) is 6.23 Å². The van der Waals surface area contributed by atoms with Gasteiger partial charge in [-0.15, -0.1) is 0 Å². The van der Waals surface area contributed by atoms with Crippen molar-refractivity contribution in [3.63, 3.8) is 0 Å². The van der Waals surface area contributed by atoms with Crippen LogP contribution in [0.25, 0.3) is 0 Å². The van der Waals surface area contributed by atoms with E-state index in [0.29, 0.717) is 0 Å². The summed E-state index contributed by atoms with van der Waals surface area (Å²) in [6.45, 7) is 24.4. The van der Waals surface area contributed by atoms with Crippen molar-refractivity contribution in [3.05, 3.63) is 0 Å². The van der Waals surface area contributed by atoms with Crippen molar-refractivity contribution in [2.45, 2.75) is 90.5 Å². The largest absolute Gasteiger partial charge is 0.421 e. The molecule has 0 amide bonds. The fraction of sp³-hybridized carbons (Fsp3) is 1.00. The Morgan fingerprint density at radius 2 is 1.23 bits per heavy atom. The number of rotatable bonds is 7. The lowest BCUT2D eigenvalue weighted by Gasteiger charge is -2.48. The van der Waals surface area contributed by atoms with E-state index < -0.39 is 51.4 Å². The summed E-state index contributed by atoms with van der Waals surface area (Å²) in [5, 5.41) is 0. The average molecular weight is 471 g/mol. The molecule has 0 spiro atoms. The van der Waals surface area contributed by atoms with E-state index in [-0.39, 0.29) is 0 Å². The number of hydrogen-bond donors (Lipinski definition) is 0. The maximum Gasteiger partial charge on any atom is 0.317 e. The molecule has 5 nitrogen and oxygen atoms in total. The highest BCUT2D eigenvalue weighted by atomic mass is 28.5. The summed E-state index contributed by atoms with van der Waals surface area (Å²) in [6.07, 6.45) is 0.979. The highest BCUT2D eigenvalue weighted by Gasteiger charge is 2.53. The van der Waals surface area contributed by atoms with Crippen LogP contribution in [0.15, 0.2) is 0 Å². The third-order valence-corrected chi connectivity index (χ3v) is 25.8. The minimum absolute atomic E-state index is 0.682. The van der Waals surface area contributed by atoms with Crippen molar-refractivity contribution < 1.29 is 20.9 Å². The van der Waals surface area contributed by atoms with Gasteiger partial charge in [-0.2, -0.15) is 0 Å². The minimum Gasteiger partial charge on any atom is -0.421 e. The molecule has 0 bridgehead atoms. The van der Waals surface area contributed by atoms with Crippen LogP contribution in [0.1, 0.15) is 6.92 Å². The summed E-state index contributed by atoms with van der Waals surface area (Å²) in [6, 6.07) is 2.97. The molecule has 11 heteroatoms. The molecule has 0 aromatic carbocycles. The second-order valence-corrected chi connectivity index (χ2v) is 31.8. The summed E-state index contributed by atoms with van der Waals surface area (Å²) >= 11 is 0. The van der Waals surface area contributed by atoms with Gasteiger partial charge in [0.15, 0.2) is 8.32 Å². The monoisotopic (exact) mass is 470 g/mol. The molecule has 1 saturated heterocycles. The summed E-state index contributed by atoms with van der Waals surface area (Å²) in [5.41, 5.74) is 0. The molecule has 1 aliphatic rings. The SMILES string of the molecule is CC[Si]1(C)O[Si](C)(C)O[Si](C)(CC[Si](C)(C)OC[SiH](C)C)O[Si](C)(C)O1. The van der Waals surface area contributed by atoms with E-state index in [4.69, 9.17) is 20.9 Å². The molecule has 1 fully saturated rings. The first kappa shape index (κ1) is 25.1. The Labute approximate surface area is 168 Å². The quantitative estimate of drug-likeness (QED) is 0.496. The highest BCUT2D eigenvalue weighted by Crippen LogP contribution is 2.35. The lowest BCUT2D eigenvalue weighted by atomic mass is 10.9. The van der Waals surface area contributed by atoms with Gasteiger partial charge in [0.2, 0.25) is 0 Å². The fourth-order valence-electron chi connectivity index (χ4n) is 3.40. The fourth-order valence-corrected chi connectivity index (χ4v) is 31.7. The maximum atomic E-state index is 6.72. The van der Waals surface area contributed by atoms with E-state index in [9.17, 15) is 0 Å². The molecule has 0 N–H and O–H groups in total. The molecule has 0 aromatic heterocycles. The van der Waals surface area contributed by atoms with Crippen LogP contribution in [-0.4, -0.2) is 57.6 Å². The van der Waals surface area contributed by atoms with E-state index in [1.54, 1.807) is 0 Å². The van der Waals surface area contributed by atoms with Gasteiger partial charge in [0.25, 0.3) is 0 Å². The van der Waals surface area contributed by atoms with Crippen molar-refractivity contribution in [1.29, 1.82) is 0 Å². The van der Waals surface area contributed by atoms with E-state index in [2.05, 4.69) is 72.4 Å². The first-order chi connectivity index (χ1) is 11.5. The normalized spacial score (nSPS) is 32.3. The van der Waals surface area contributed by atoms with Crippen LogP contribution in [0.5, 0.6) is 0 Å². The first-order valence-corrected chi connectivity index (χ1v) is 26.9. The molecule has 156 valence electrons. The standard InChI is InChI=1S/C15H42O5Si6/c1-12-25(10)17-23(6,7)19-26(11,20-24(8,9)18-25)14-13-22(4,5)16-15-21(2)3/h21H,12-15H2,1-11H3. The first-order valence-electron chi connectivity index (χ1n) is 9.96. The van der Waals surface area contributed by atoms with Crippen molar-refractivity contribution >= 4 is 51.4 Å². The van der Waals surface area contributed by atoms with Crippen LogP contribution in [0, 0.1) is 0 Å². The van der Waals surface area contributed by atoms with Gasteiger partial charge in [-0.3, -0.25) is 0 Å². The predicted molar refractivity (Wildman–Crippen MR) is 125 cm³/mol. The molecule has 0 aromatic rings. The zero-order valence-electron chi connectivity index (χ0n) is 18.9. The predicted octanol–water partition coefficient (Wildman–Crippen LogP) is 4.88. The second-order valence-electron chi connectivity index (χ2n) is 9.79. The molecule has 0 radical (unpaired) electrons. The smallest absolute Gasteiger partial charge is 0.317 e. The highest BCUT2D eigenvalue weighted by molar-refractivity contribution is 6.93. The molecule has 0 saturated carbocycles. The summed E-state index contributed by atoms with van der Waals surface area (Å²) in [5.74, 6) is 0. The maximum absolute atomic E-state index is 6.72. The Morgan fingerprint density at radius 3 is 1.62 bits per heavy atom. The molecular weight excluding hydrogens is 429 g/mol. The molecule has 1 aliphatic heterocycles. The van der Waals surface area contributed by atoms with Crippen LogP contribution in [0.3, 0.4) is 0 Å². The third kappa shape index (κ3) is 8.63. The van der Waals surface area contributed by atoms with Crippen molar-refractivity contribution in [1.82, 2.24) is 0 Å². The van der Waals surface area contributed by atoms with E-state index in [1.807, 2.05) is 0 Å². The Kier molecular flexibility index (Phi) is 8.56. The molecule has 26 heavy (non-hydrogen) atoms. The van der Waals surface area contributed by atoms with Gasteiger partial charge in [0.05, 0.1) is 8.80 Å². The molecule has 1 rings (SSSR count). The van der Waals surface area contributed by atoms with Gasteiger partial charge < -0.3 is 20.9 Å². The second kappa shape index (κ2) is 8.85. The third-order valence-electron chi connectivity index (χ3n) is 4.48. The minimum atomic E-state index is -2.37. The van der Waals surface area contributed by atoms with Crippen LogP contribution in [0.2, 0.25) is 83.6 Å². The van der Waals surface area contributed by atoms with Crippen LogP contribution in [0.4, 0.5) is 0 Å². The molecule has 0 unspecified atom stereocenters. The molecule has 0 aliphatic carbocycles. The van der Waals surface area contributed by atoms with Gasteiger partial charge in [0.1, 0.15) is 0 Å². The van der Waals surface area contributed by atoms with E-state index >= 15 is 0 Å². The van der Waals surface area contributed by atoms with E-state index in [0.717, 1.165) is 24.4 Å². The lowest BCUT2D eigenvalue weighted by Crippen LogP contribution is -2.65. The Bertz CT molecular complexity index is 451. The Balaban J connectivity index is 2.91. The van der Waals surface area contributed by atoms with Gasteiger partial charge in [-0.05, 0) is 70.5 Å². The molecule has 0 atom stereocenters. The lowest BCUT2D eigenvalue weighted by molar-refractivity contribution is 0.231. The van der Waals surface area contributed by atoms with E-state index in [1.165, 1.54) is 0 Å². The Morgan fingerprint density at radius 1 is 0.808 bits per heavy atom. The molecular formula is C15H42O5Si6. The van der Waals surface area contributed by atoms with Crippen molar-refractivity contribution in [2.75, 3.05) is 6.23 Å².